The Morgan fingerprint density at radius 3 is 2.21 bits per heavy atom. The van der Waals surface area contributed by atoms with Crippen LogP contribution in [0.4, 0.5) is 10.1 Å². The molecule has 0 bridgehead atoms. The van der Waals surface area contributed by atoms with Gasteiger partial charge in [-0.25, -0.2) is 12.8 Å². The summed E-state index contributed by atoms with van der Waals surface area (Å²) >= 11 is 6.04. The number of rotatable bonds is 9. The molecule has 9 nitrogen and oxygen atoms in total. The first-order chi connectivity index (χ1) is 19.7. The Morgan fingerprint density at radius 1 is 0.976 bits per heavy atom. The lowest BCUT2D eigenvalue weighted by atomic mass is 10.1. The Labute approximate surface area is 250 Å². The second kappa shape index (κ2) is 12.6. The van der Waals surface area contributed by atoms with Crippen molar-refractivity contribution < 1.29 is 31.9 Å². The zero-order valence-corrected chi connectivity index (χ0v) is 25.3. The highest BCUT2D eigenvalue weighted by Gasteiger charge is 2.34. The van der Waals surface area contributed by atoms with Crippen LogP contribution in [0.5, 0.6) is 11.5 Å². The van der Waals surface area contributed by atoms with Gasteiger partial charge in [0.2, 0.25) is 11.8 Å². The van der Waals surface area contributed by atoms with Gasteiger partial charge in [-0.1, -0.05) is 23.7 Å². The van der Waals surface area contributed by atoms with Crippen LogP contribution >= 0.6 is 11.6 Å². The van der Waals surface area contributed by atoms with Crippen molar-refractivity contribution in [2.24, 2.45) is 0 Å². The number of amides is 2. The van der Waals surface area contributed by atoms with Gasteiger partial charge in [0, 0.05) is 23.2 Å². The third-order valence-electron chi connectivity index (χ3n) is 6.43. The molecule has 2 amide bonds. The predicted molar refractivity (Wildman–Crippen MR) is 158 cm³/mol. The zero-order valence-electron chi connectivity index (χ0n) is 23.8. The summed E-state index contributed by atoms with van der Waals surface area (Å²) in [5, 5.41) is 3.38. The standard InChI is InChI=1S/C30H33ClFN3O6S/c1-20(29(37)33-30(2,3)4)34(18-21-5-7-22(31)8-6-21)28(36)19-35(24-11-9-23(32)10-12-24)42(38,39)25-13-14-26-27(17-25)41-16-15-40-26/h5-14,17,20H,15-16,18-19H2,1-4H3,(H,33,37)/t20-/m0/s1. The molecule has 12 heteroatoms. The quantitative estimate of drug-likeness (QED) is 0.371. The van der Waals surface area contributed by atoms with Gasteiger partial charge >= 0.3 is 0 Å². The third-order valence-corrected chi connectivity index (χ3v) is 8.45. The molecule has 3 aromatic carbocycles. The highest BCUT2D eigenvalue weighted by molar-refractivity contribution is 7.92. The van der Waals surface area contributed by atoms with Gasteiger partial charge in [0.05, 0.1) is 10.6 Å². The average molecular weight is 618 g/mol. The van der Waals surface area contributed by atoms with Gasteiger partial charge in [-0.05, 0) is 81.8 Å². The van der Waals surface area contributed by atoms with Gasteiger partial charge in [0.25, 0.3) is 10.0 Å². The number of fused-ring (bicyclic) bond motifs is 1. The van der Waals surface area contributed by atoms with Crippen molar-refractivity contribution in [3.63, 3.8) is 0 Å². The van der Waals surface area contributed by atoms with Crippen molar-refractivity contribution in [2.75, 3.05) is 24.1 Å². The molecular weight excluding hydrogens is 585 g/mol. The fourth-order valence-corrected chi connectivity index (χ4v) is 5.85. The molecule has 1 aliphatic rings. The molecule has 0 fully saturated rings. The summed E-state index contributed by atoms with van der Waals surface area (Å²) in [7, 11) is -4.37. The molecule has 0 radical (unpaired) electrons. The number of benzene rings is 3. The summed E-state index contributed by atoms with van der Waals surface area (Å²) in [6, 6.07) is 14.7. The maximum atomic E-state index is 14.0. The van der Waals surface area contributed by atoms with E-state index >= 15 is 0 Å². The smallest absolute Gasteiger partial charge is 0.264 e. The molecule has 224 valence electrons. The number of carbonyl (C=O) groups excluding carboxylic acids is 2. The number of anilines is 1. The van der Waals surface area contributed by atoms with Gasteiger partial charge in [0.15, 0.2) is 11.5 Å². The molecule has 42 heavy (non-hydrogen) atoms. The van der Waals surface area contributed by atoms with E-state index in [1.807, 2.05) is 20.8 Å². The van der Waals surface area contributed by atoms with E-state index in [2.05, 4.69) is 5.32 Å². The fraction of sp³-hybridized carbons (Fsp3) is 0.333. The average Bonchev–Trinajstić information content (AvgIpc) is 2.94. The maximum absolute atomic E-state index is 14.0. The van der Waals surface area contributed by atoms with Crippen LogP contribution < -0.4 is 19.1 Å². The molecule has 4 rings (SSSR count). The van der Waals surface area contributed by atoms with Gasteiger partial charge in [0.1, 0.15) is 31.6 Å². The first-order valence-corrected chi connectivity index (χ1v) is 15.1. The summed E-state index contributed by atoms with van der Waals surface area (Å²) in [6.45, 7) is 6.97. The lowest BCUT2D eigenvalue weighted by Gasteiger charge is -2.33. The van der Waals surface area contributed by atoms with Crippen LogP contribution in [0.2, 0.25) is 5.02 Å². The minimum absolute atomic E-state index is 0.00998. The molecule has 1 atom stereocenters. The van der Waals surface area contributed by atoms with E-state index in [0.29, 0.717) is 22.9 Å². The molecule has 0 aliphatic carbocycles. The molecule has 1 N–H and O–H groups in total. The van der Waals surface area contributed by atoms with Crippen LogP contribution in [0.1, 0.15) is 33.3 Å². The van der Waals surface area contributed by atoms with E-state index in [4.69, 9.17) is 21.1 Å². The Bertz CT molecular complexity index is 1540. The first-order valence-electron chi connectivity index (χ1n) is 13.3. The lowest BCUT2D eigenvalue weighted by molar-refractivity contribution is -0.140. The van der Waals surface area contributed by atoms with Gasteiger partial charge < -0.3 is 19.7 Å². The van der Waals surface area contributed by atoms with Crippen molar-refractivity contribution >= 4 is 39.1 Å². The van der Waals surface area contributed by atoms with E-state index in [1.165, 1.54) is 35.2 Å². The van der Waals surface area contributed by atoms with Gasteiger partial charge in [-0.2, -0.15) is 0 Å². The topological polar surface area (TPSA) is 105 Å². The minimum Gasteiger partial charge on any atom is -0.486 e. The number of carbonyl (C=O) groups is 2. The van der Waals surface area contributed by atoms with Crippen molar-refractivity contribution in [2.45, 2.75) is 50.7 Å². The second-order valence-corrected chi connectivity index (χ2v) is 13.2. The molecule has 0 saturated carbocycles. The third kappa shape index (κ3) is 7.51. The monoisotopic (exact) mass is 617 g/mol. The van der Waals surface area contributed by atoms with E-state index in [1.54, 1.807) is 31.2 Å². The maximum Gasteiger partial charge on any atom is 0.264 e. The van der Waals surface area contributed by atoms with E-state index in [9.17, 15) is 22.4 Å². The summed E-state index contributed by atoms with van der Waals surface area (Å²) < 4.78 is 53.8. The number of hydrogen-bond acceptors (Lipinski definition) is 6. The molecule has 0 aromatic heterocycles. The SMILES string of the molecule is C[C@@H](C(=O)NC(C)(C)C)N(Cc1ccc(Cl)cc1)C(=O)CN(c1ccc(F)cc1)S(=O)(=O)c1ccc2c(c1)OCCO2. The van der Waals surface area contributed by atoms with Crippen molar-refractivity contribution in [3.05, 3.63) is 83.1 Å². The number of sulfonamides is 1. The summed E-state index contributed by atoms with van der Waals surface area (Å²) in [5.41, 5.74) is 0.186. The van der Waals surface area contributed by atoms with Crippen LogP contribution in [0.15, 0.2) is 71.6 Å². The van der Waals surface area contributed by atoms with E-state index in [-0.39, 0.29) is 29.5 Å². The largest absolute Gasteiger partial charge is 0.486 e. The summed E-state index contributed by atoms with van der Waals surface area (Å²) in [5.74, 6) is -0.972. The molecule has 0 spiro atoms. The Hall–Kier alpha value is -3.83. The summed E-state index contributed by atoms with van der Waals surface area (Å²) in [6.07, 6.45) is 0. The van der Waals surface area contributed by atoms with Crippen molar-refractivity contribution in [1.29, 1.82) is 0 Å². The Morgan fingerprint density at radius 2 is 1.60 bits per heavy atom. The number of ether oxygens (including phenoxy) is 2. The molecule has 3 aromatic rings. The van der Waals surface area contributed by atoms with Crippen LogP contribution in [0.25, 0.3) is 0 Å². The molecule has 0 unspecified atom stereocenters. The number of nitrogens with one attached hydrogen (secondary N) is 1. The van der Waals surface area contributed by atoms with Crippen molar-refractivity contribution in [1.82, 2.24) is 10.2 Å². The molecule has 0 saturated heterocycles. The number of nitrogens with zero attached hydrogens (tertiary/aromatic N) is 2. The number of halogens is 2. The van der Waals surface area contributed by atoms with Gasteiger partial charge in [-0.15, -0.1) is 0 Å². The normalized spacial score (nSPS) is 13.7. The van der Waals surface area contributed by atoms with Crippen molar-refractivity contribution in [3.8, 4) is 11.5 Å². The van der Waals surface area contributed by atoms with Crippen LogP contribution in [0.3, 0.4) is 0 Å². The minimum atomic E-state index is -4.37. The molecule has 1 heterocycles. The van der Waals surface area contributed by atoms with Crippen LogP contribution in [0, 0.1) is 5.82 Å². The Balaban J connectivity index is 1.72. The van der Waals surface area contributed by atoms with E-state index in [0.717, 1.165) is 16.4 Å². The first kappa shape index (κ1) is 31.1. The fourth-order valence-electron chi connectivity index (χ4n) is 4.29. The Kier molecular flexibility index (Phi) is 9.32. The summed E-state index contributed by atoms with van der Waals surface area (Å²) in [4.78, 5) is 28.3. The van der Waals surface area contributed by atoms with Gasteiger partial charge in [-0.3, -0.25) is 13.9 Å². The number of hydrogen-bond donors (Lipinski definition) is 1. The highest BCUT2D eigenvalue weighted by atomic mass is 35.5. The zero-order chi connectivity index (χ0) is 30.7. The van der Waals surface area contributed by atoms with Crippen LogP contribution in [-0.4, -0.2) is 56.5 Å². The second-order valence-electron chi connectivity index (χ2n) is 10.9. The highest BCUT2D eigenvalue weighted by Crippen LogP contribution is 2.34. The molecule has 1 aliphatic heterocycles. The predicted octanol–water partition coefficient (Wildman–Crippen LogP) is 4.78. The van der Waals surface area contributed by atoms with E-state index < -0.39 is 45.8 Å². The van der Waals surface area contributed by atoms with Crippen LogP contribution in [-0.2, 0) is 26.2 Å². The molecular formula is C30H33ClFN3O6S. The lowest BCUT2D eigenvalue weighted by Crippen LogP contribution is -2.54.